The molecule has 1 rings (SSSR count). The van der Waals surface area contributed by atoms with E-state index in [-0.39, 0.29) is 6.10 Å². The fourth-order valence-corrected chi connectivity index (χ4v) is 1.87. The number of hydrogen-bond donors (Lipinski definition) is 1. The van der Waals surface area contributed by atoms with Gasteiger partial charge in [-0.2, -0.15) is 0 Å². The van der Waals surface area contributed by atoms with Crippen LogP contribution in [0.4, 0.5) is 0 Å². The summed E-state index contributed by atoms with van der Waals surface area (Å²) in [5.41, 5.74) is 1.19. The molecule has 18 heavy (non-hydrogen) atoms. The van der Waals surface area contributed by atoms with Crippen LogP contribution in [0.5, 0.6) is 5.75 Å². The molecule has 0 heterocycles. The van der Waals surface area contributed by atoms with Gasteiger partial charge in [0.15, 0.2) is 0 Å². The molecule has 0 atom stereocenters. The second kappa shape index (κ2) is 7.65. The summed E-state index contributed by atoms with van der Waals surface area (Å²) in [6.45, 7) is 10.4. The van der Waals surface area contributed by atoms with Gasteiger partial charge in [-0.15, -0.1) is 0 Å². The molecule has 1 aromatic carbocycles. The van der Waals surface area contributed by atoms with Crippen LogP contribution < -0.4 is 10.1 Å². The molecule has 0 aliphatic heterocycles. The Morgan fingerprint density at radius 2 is 1.94 bits per heavy atom. The van der Waals surface area contributed by atoms with E-state index in [4.69, 9.17) is 16.3 Å². The van der Waals surface area contributed by atoms with Crippen LogP contribution in [0.1, 0.15) is 39.7 Å². The van der Waals surface area contributed by atoms with E-state index >= 15 is 0 Å². The van der Waals surface area contributed by atoms with E-state index in [1.807, 2.05) is 26.0 Å². The van der Waals surface area contributed by atoms with Crippen LogP contribution in [0.3, 0.4) is 0 Å². The minimum atomic E-state index is 0.150. The summed E-state index contributed by atoms with van der Waals surface area (Å²) < 4.78 is 5.60. The normalized spacial score (nSPS) is 11.3. The Balaban J connectivity index is 2.46. The number of ether oxygens (including phenoxy) is 1. The Labute approximate surface area is 116 Å². The highest BCUT2D eigenvalue weighted by Gasteiger charge is 2.05. The average Bonchev–Trinajstić information content (AvgIpc) is 2.27. The molecule has 1 N–H and O–H groups in total. The zero-order chi connectivity index (χ0) is 13.5. The van der Waals surface area contributed by atoms with E-state index < -0.39 is 0 Å². The van der Waals surface area contributed by atoms with E-state index in [9.17, 15) is 0 Å². The van der Waals surface area contributed by atoms with Gasteiger partial charge >= 0.3 is 0 Å². The highest BCUT2D eigenvalue weighted by molar-refractivity contribution is 6.32. The van der Waals surface area contributed by atoms with Crippen LogP contribution in [-0.2, 0) is 6.54 Å². The average molecular weight is 270 g/mol. The fourth-order valence-electron chi connectivity index (χ4n) is 1.63. The second-order valence-corrected chi connectivity index (χ2v) is 5.70. The number of rotatable bonds is 7. The molecule has 0 spiro atoms. The third-order valence-corrected chi connectivity index (χ3v) is 2.88. The lowest BCUT2D eigenvalue weighted by molar-refractivity contribution is 0.242. The lowest BCUT2D eigenvalue weighted by atomic mass is 10.1. The topological polar surface area (TPSA) is 21.3 Å². The molecule has 0 aliphatic rings. The summed E-state index contributed by atoms with van der Waals surface area (Å²) in [6.07, 6.45) is 1.35. The molecule has 0 aliphatic carbocycles. The third-order valence-electron chi connectivity index (χ3n) is 2.59. The van der Waals surface area contributed by atoms with Crippen LogP contribution in [0.2, 0.25) is 5.02 Å². The van der Waals surface area contributed by atoms with Gasteiger partial charge in [0.25, 0.3) is 0 Å². The third kappa shape index (κ3) is 5.74. The zero-order valence-corrected chi connectivity index (χ0v) is 12.6. The summed E-state index contributed by atoms with van der Waals surface area (Å²) in [4.78, 5) is 0. The first-order valence-corrected chi connectivity index (χ1v) is 7.02. The number of hydrogen-bond acceptors (Lipinski definition) is 2. The highest BCUT2D eigenvalue weighted by Crippen LogP contribution is 2.26. The maximum absolute atomic E-state index is 6.18. The van der Waals surface area contributed by atoms with Crippen molar-refractivity contribution in [3.05, 3.63) is 28.8 Å². The van der Waals surface area contributed by atoms with Crippen molar-refractivity contribution in [2.24, 2.45) is 5.92 Å². The van der Waals surface area contributed by atoms with Crippen molar-refractivity contribution in [2.45, 2.75) is 46.8 Å². The molecule has 0 amide bonds. The quantitative estimate of drug-likeness (QED) is 0.747. The molecule has 0 bridgehead atoms. The van der Waals surface area contributed by atoms with Gasteiger partial charge in [-0.3, -0.25) is 0 Å². The van der Waals surface area contributed by atoms with E-state index in [0.717, 1.165) is 24.8 Å². The highest BCUT2D eigenvalue weighted by atomic mass is 35.5. The molecule has 0 saturated heterocycles. The van der Waals surface area contributed by atoms with Gasteiger partial charge < -0.3 is 10.1 Å². The Kier molecular flexibility index (Phi) is 6.51. The first kappa shape index (κ1) is 15.3. The molecule has 102 valence electrons. The first-order chi connectivity index (χ1) is 8.49. The summed E-state index contributed by atoms with van der Waals surface area (Å²) in [5.74, 6) is 1.50. The number of benzene rings is 1. The smallest absolute Gasteiger partial charge is 0.138 e. The van der Waals surface area contributed by atoms with Crippen molar-refractivity contribution in [1.82, 2.24) is 5.32 Å². The molecular weight excluding hydrogens is 246 g/mol. The summed E-state index contributed by atoms with van der Waals surface area (Å²) in [7, 11) is 0. The predicted molar refractivity (Wildman–Crippen MR) is 78.4 cm³/mol. The lowest BCUT2D eigenvalue weighted by Crippen LogP contribution is -2.16. The van der Waals surface area contributed by atoms with Crippen LogP contribution in [-0.4, -0.2) is 12.6 Å². The Morgan fingerprint density at radius 1 is 1.22 bits per heavy atom. The monoisotopic (exact) mass is 269 g/mol. The molecule has 0 fully saturated rings. The number of nitrogens with one attached hydrogen (secondary N) is 1. The second-order valence-electron chi connectivity index (χ2n) is 5.29. The van der Waals surface area contributed by atoms with Crippen molar-refractivity contribution < 1.29 is 4.74 Å². The van der Waals surface area contributed by atoms with Gasteiger partial charge in [0.1, 0.15) is 5.75 Å². The summed E-state index contributed by atoms with van der Waals surface area (Å²) >= 11 is 6.18. The maximum atomic E-state index is 6.18. The molecule has 0 radical (unpaired) electrons. The van der Waals surface area contributed by atoms with Crippen LogP contribution >= 0.6 is 11.6 Å². The molecule has 3 heteroatoms. The predicted octanol–water partition coefficient (Wildman–Crippen LogP) is 4.26. The van der Waals surface area contributed by atoms with Crippen LogP contribution in [0.25, 0.3) is 0 Å². The molecule has 0 unspecified atom stereocenters. The van der Waals surface area contributed by atoms with Gasteiger partial charge in [0.05, 0.1) is 11.1 Å². The van der Waals surface area contributed by atoms with E-state index in [1.54, 1.807) is 0 Å². The number of halogens is 1. The summed E-state index contributed by atoms with van der Waals surface area (Å²) in [5, 5.41) is 4.11. The van der Waals surface area contributed by atoms with Gasteiger partial charge in [-0.1, -0.05) is 31.5 Å². The Morgan fingerprint density at radius 3 is 2.50 bits per heavy atom. The Hall–Kier alpha value is -0.730. The molecular formula is C15H24ClNO. The maximum Gasteiger partial charge on any atom is 0.138 e. The fraction of sp³-hybridized carbons (Fsp3) is 0.600. The molecule has 1 aromatic rings. The SMILES string of the molecule is CC(C)CCNCc1ccc(OC(C)C)c(Cl)c1. The standard InChI is InChI=1S/C15H24ClNO/c1-11(2)7-8-17-10-13-5-6-15(14(16)9-13)18-12(3)4/h5-6,9,11-12,17H,7-8,10H2,1-4H3. The summed E-state index contributed by atoms with van der Waals surface area (Å²) in [6, 6.07) is 5.98. The van der Waals surface area contributed by atoms with Crippen molar-refractivity contribution >= 4 is 11.6 Å². The molecule has 0 aromatic heterocycles. The molecule has 2 nitrogen and oxygen atoms in total. The van der Waals surface area contributed by atoms with Crippen LogP contribution in [0, 0.1) is 5.92 Å². The van der Waals surface area contributed by atoms with Crippen molar-refractivity contribution in [3.8, 4) is 5.75 Å². The minimum Gasteiger partial charge on any atom is -0.489 e. The zero-order valence-electron chi connectivity index (χ0n) is 11.8. The van der Waals surface area contributed by atoms with Gasteiger partial charge in [0.2, 0.25) is 0 Å². The van der Waals surface area contributed by atoms with Gasteiger partial charge in [-0.25, -0.2) is 0 Å². The first-order valence-electron chi connectivity index (χ1n) is 6.65. The minimum absolute atomic E-state index is 0.150. The van der Waals surface area contributed by atoms with Crippen molar-refractivity contribution in [2.75, 3.05) is 6.54 Å². The lowest BCUT2D eigenvalue weighted by Gasteiger charge is -2.12. The van der Waals surface area contributed by atoms with E-state index in [2.05, 4.69) is 25.2 Å². The van der Waals surface area contributed by atoms with E-state index in [1.165, 1.54) is 12.0 Å². The molecule has 0 saturated carbocycles. The largest absolute Gasteiger partial charge is 0.489 e. The van der Waals surface area contributed by atoms with Crippen LogP contribution in [0.15, 0.2) is 18.2 Å². The van der Waals surface area contributed by atoms with E-state index in [0.29, 0.717) is 5.02 Å². The van der Waals surface area contributed by atoms with Crippen molar-refractivity contribution in [3.63, 3.8) is 0 Å². The Bertz CT molecular complexity index is 364. The van der Waals surface area contributed by atoms with Gasteiger partial charge in [0, 0.05) is 6.54 Å². The van der Waals surface area contributed by atoms with Crippen molar-refractivity contribution in [1.29, 1.82) is 0 Å². The van der Waals surface area contributed by atoms with Gasteiger partial charge in [-0.05, 0) is 50.4 Å².